The Kier molecular flexibility index (Phi) is 22.0. The van der Waals surface area contributed by atoms with Gasteiger partial charge in [-0.05, 0) is 33.2 Å². The van der Waals surface area contributed by atoms with Crippen LogP contribution in [0.3, 0.4) is 0 Å². The first kappa shape index (κ1) is 36.8. The van der Waals surface area contributed by atoms with Crippen LogP contribution in [-0.4, -0.2) is 26.2 Å². The summed E-state index contributed by atoms with van der Waals surface area (Å²) >= 11 is 0. The van der Waals surface area contributed by atoms with Crippen LogP contribution in [0, 0.1) is 0 Å². The van der Waals surface area contributed by atoms with E-state index in [9.17, 15) is 9.59 Å². The maximum absolute atomic E-state index is 10.4. The van der Waals surface area contributed by atoms with E-state index in [-0.39, 0.29) is 33.4 Å². The van der Waals surface area contributed by atoms with Gasteiger partial charge >= 0.3 is 21.1 Å². The standard InChI is InChI=1S/2C9H22OSi.2H2N.Pt/c2*1-7(2)11(10,8(3)4)9(5)6;;;/h2*7-10H,1-6H3;2*1H2;/q;;2*-1;+2. The third-order valence-corrected chi connectivity index (χ3v) is 16.6. The Morgan fingerprint density at radius 3 is 0.480 bits per heavy atom. The van der Waals surface area contributed by atoms with Crippen LogP contribution < -0.4 is 0 Å². The molecule has 0 radical (unpaired) electrons. The summed E-state index contributed by atoms with van der Waals surface area (Å²) in [5.41, 5.74) is 2.85. The molecule has 0 aromatic rings. The van der Waals surface area contributed by atoms with Gasteiger partial charge in [-0.1, -0.05) is 83.1 Å². The summed E-state index contributed by atoms with van der Waals surface area (Å²) < 4.78 is 0. The third kappa shape index (κ3) is 9.63. The molecular formula is C18H48N2O2PtSi2. The summed E-state index contributed by atoms with van der Waals surface area (Å²) in [5, 5.41) is 0. The van der Waals surface area contributed by atoms with Crippen molar-refractivity contribution < 1.29 is 30.7 Å². The molecule has 0 fully saturated rings. The SMILES string of the molecule is CC(C)[Si](O)(C(C)C)C(C)C.CC(C)[Si](O)(C(C)C)C(C)C.[NH2-].[NH2-].[Pt+2]. The maximum Gasteiger partial charge on any atom is 2.00 e. The Bertz CT molecular complexity index is 240. The van der Waals surface area contributed by atoms with Crippen molar-refractivity contribution in [3.63, 3.8) is 0 Å². The van der Waals surface area contributed by atoms with Crippen LogP contribution >= 0.6 is 0 Å². The van der Waals surface area contributed by atoms with Crippen LogP contribution in [0.4, 0.5) is 0 Å². The van der Waals surface area contributed by atoms with E-state index in [4.69, 9.17) is 0 Å². The molecule has 0 heterocycles. The van der Waals surface area contributed by atoms with Gasteiger partial charge in [-0.2, -0.15) is 0 Å². The van der Waals surface area contributed by atoms with Crippen molar-refractivity contribution in [1.29, 1.82) is 0 Å². The fourth-order valence-electron chi connectivity index (χ4n) is 4.00. The van der Waals surface area contributed by atoms with Crippen LogP contribution in [0.15, 0.2) is 0 Å². The molecule has 4 nitrogen and oxygen atoms in total. The van der Waals surface area contributed by atoms with Crippen molar-refractivity contribution in [2.45, 2.75) is 116 Å². The summed E-state index contributed by atoms with van der Waals surface area (Å²) in [4.78, 5) is 20.8. The predicted molar refractivity (Wildman–Crippen MR) is 117 cm³/mol. The first-order chi connectivity index (χ1) is 9.66. The van der Waals surface area contributed by atoms with Gasteiger partial charge in [0.1, 0.15) is 0 Å². The first-order valence-electron chi connectivity index (χ1n) is 9.11. The largest absolute Gasteiger partial charge is 2.00 e. The number of hydrogen-bond donors (Lipinski definition) is 2. The second kappa shape index (κ2) is 15.0. The Balaban J connectivity index is -0.0000000952. The Labute approximate surface area is 175 Å². The molecule has 0 atom stereocenters. The van der Waals surface area contributed by atoms with E-state index in [1.165, 1.54) is 0 Å². The fraction of sp³-hybridized carbons (Fsp3) is 1.00. The number of rotatable bonds is 6. The van der Waals surface area contributed by atoms with E-state index in [2.05, 4.69) is 83.1 Å². The molecule has 7 heteroatoms. The molecule has 160 valence electrons. The third-order valence-electron chi connectivity index (χ3n) is 5.55. The van der Waals surface area contributed by atoms with Crippen LogP contribution in [0.5, 0.6) is 0 Å². The molecular weight excluding hydrogens is 527 g/mol. The average molecular weight is 576 g/mol. The van der Waals surface area contributed by atoms with Gasteiger partial charge in [-0.15, -0.1) is 0 Å². The molecule has 0 unspecified atom stereocenters. The van der Waals surface area contributed by atoms with Crippen LogP contribution in [0.2, 0.25) is 33.2 Å². The van der Waals surface area contributed by atoms with Crippen LogP contribution in [0.25, 0.3) is 12.3 Å². The zero-order valence-electron chi connectivity index (χ0n) is 18.8. The second-order valence-electron chi connectivity index (χ2n) is 8.70. The van der Waals surface area contributed by atoms with Crippen molar-refractivity contribution in [2.24, 2.45) is 0 Å². The summed E-state index contributed by atoms with van der Waals surface area (Å²) in [5.74, 6) is 0. The van der Waals surface area contributed by atoms with Gasteiger partial charge in [0.2, 0.25) is 0 Å². The first-order valence-corrected chi connectivity index (χ1v) is 13.5. The van der Waals surface area contributed by atoms with E-state index in [1.807, 2.05) is 0 Å². The van der Waals surface area contributed by atoms with Crippen molar-refractivity contribution in [1.82, 2.24) is 0 Å². The molecule has 0 aliphatic rings. The quantitative estimate of drug-likeness (QED) is 0.316. The molecule has 0 amide bonds. The van der Waals surface area contributed by atoms with Gasteiger partial charge in [-0.25, -0.2) is 0 Å². The summed E-state index contributed by atoms with van der Waals surface area (Å²) in [6.45, 7) is 25.7. The van der Waals surface area contributed by atoms with Crippen molar-refractivity contribution in [3.05, 3.63) is 12.3 Å². The van der Waals surface area contributed by atoms with Gasteiger partial charge in [0, 0.05) is 0 Å². The molecule has 0 aromatic carbocycles. The van der Waals surface area contributed by atoms with E-state index >= 15 is 0 Å². The molecule has 25 heavy (non-hydrogen) atoms. The minimum atomic E-state index is -1.98. The molecule has 0 bridgehead atoms. The topological polar surface area (TPSA) is 107 Å². The molecule has 6 N–H and O–H groups in total. The van der Waals surface area contributed by atoms with E-state index in [0.717, 1.165) is 0 Å². The zero-order valence-corrected chi connectivity index (χ0v) is 23.1. The van der Waals surface area contributed by atoms with Gasteiger partial charge in [0.15, 0.2) is 16.6 Å². The minimum absolute atomic E-state index is 0. The molecule has 0 saturated heterocycles. The van der Waals surface area contributed by atoms with E-state index in [1.54, 1.807) is 0 Å². The average Bonchev–Trinajstić information content (AvgIpc) is 2.35. The van der Waals surface area contributed by atoms with Gasteiger partial charge < -0.3 is 21.9 Å². The van der Waals surface area contributed by atoms with Crippen molar-refractivity contribution in [2.75, 3.05) is 0 Å². The Morgan fingerprint density at radius 1 is 0.400 bits per heavy atom. The minimum Gasteiger partial charge on any atom is -0.693 e. The van der Waals surface area contributed by atoms with Gasteiger partial charge in [-0.3, -0.25) is 0 Å². The van der Waals surface area contributed by atoms with Crippen molar-refractivity contribution >= 4 is 16.6 Å². The molecule has 0 aliphatic carbocycles. The number of hydrogen-bond acceptors (Lipinski definition) is 2. The van der Waals surface area contributed by atoms with Gasteiger partial charge in [0.05, 0.1) is 0 Å². The molecule has 0 rings (SSSR count). The fourth-order valence-corrected chi connectivity index (χ4v) is 12.0. The van der Waals surface area contributed by atoms with Crippen molar-refractivity contribution in [3.8, 4) is 0 Å². The maximum atomic E-state index is 10.4. The Hall–Kier alpha value is 0.962. The van der Waals surface area contributed by atoms with Gasteiger partial charge in [0.25, 0.3) is 0 Å². The second-order valence-corrected chi connectivity index (χ2v) is 19.2. The summed E-state index contributed by atoms with van der Waals surface area (Å²) in [7, 11) is -3.96. The van der Waals surface area contributed by atoms with Crippen LogP contribution in [0.1, 0.15) is 83.1 Å². The van der Waals surface area contributed by atoms with Crippen LogP contribution in [-0.2, 0) is 21.1 Å². The zero-order chi connectivity index (χ0) is 18.5. The predicted octanol–water partition coefficient (Wildman–Crippen LogP) is 7.74. The molecule has 0 spiro atoms. The number of nitrogens with two attached hydrogens (primary N) is 2. The Morgan fingerprint density at radius 2 is 0.480 bits per heavy atom. The van der Waals surface area contributed by atoms with E-state index < -0.39 is 16.6 Å². The molecule has 0 aromatic heterocycles. The normalized spacial score (nSPS) is 12.0. The summed E-state index contributed by atoms with van der Waals surface area (Å²) in [6, 6.07) is 0. The molecule has 0 saturated carbocycles. The smallest absolute Gasteiger partial charge is 0.693 e. The molecule has 0 aliphatic heterocycles. The summed E-state index contributed by atoms with van der Waals surface area (Å²) in [6.07, 6.45) is 0. The van der Waals surface area contributed by atoms with E-state index in [0.29, 0.717) is 33.2 Å². The monoisotopic (exact) mass is 575 g/mol.